The maximum absolute atomic E-state index is 11.9. The molecule has 0 aliphatic carbocycles. The summed E-state index contributed by atoms with van der Waals surface area (Å²) in [5, 5.41) is 15.0. The van der Waals surface area contributed by atoms with Crippen molar-refractivity contribution in [2.24, 2.45) is 19.8 Å². The van der Waals surface area contributed by atoms with Gasteiger partial charge >= 0.3 is 0 Å². The van der Waals surface area contributed by atoms with Crippen molar-refractivity contribution < 1.29 is 30.0 Å². The molecule has 2 aromatic carbocycles. The van der Waals surface area contributed by atoms with Crippen LogP contribution in [-0.4, -0.2) is 46.2 Å². The monoisotopic (exact) mass is 622 g/mol. The van der Waals surface area contributed by atoms with Gasteiger partial charge in [-0.25, -0.2) is 35.5 Å². The van der Waals surface area contributed by atoms with E-state index >= 15 is 0 Å². The Balaban J connectivity index is 0.000000622. The fourth-order valence-corrected chi connectivity index (χ4v) is 3.85. The molecule has 220 valence electrons. The minimum absolute atomic E-state index is 0.0149. The Bertz CT molecular complexity index is 1460. The van der Waals surface area contributed by atoms with Crippen LogP contribution in [0.15, 0.2) is 62.7 Å². The Morgan fingerprint density at radius 2 is 1.10 bits per heavy atom. The van der Waals surface area contributed by atoms with Crippen LogP contribution in [0.5, 0.6) is 0 Å². The van der Waals surface area contributed by atoms with Crippen molar-refractivity contribution in [1.29, 1.82) is 0 Å². The summed E-state index contributed by atoms with van der Waals surface area (Å²) in [4.78, 5) is 10.9. The minimum Gasteiger partial charge on any atom is -0.295 e. The fraction of sp³-hybridized carbons (Fsp3) is 0.417. The van der Waals surface area contributed by atoms with Crippen LogP contribution in [0.4, 0.5) is 0 Å². The first kappa shape index (κ1) is 36.9. The number of carbonyl (C=O) groups excluding carboxylic acids is 1. The second-order valence-corrected chi connectivity index (χ2v) is 17.0. The lowest BCUT2D eigenvalue weighted by Crippen LogP contribution is -2.27. The maximum atomic E-state index is 11.9. The number of ketones is 1. The predicted molar refractivity (Wildman–Crippen MR) is 158 cm³/mol. The van der Waals surface area contributed by atoms with Crippen LogP contribution in [0, 0.1) is 0 Å². The quantitative estimate of drug-likeness (QED) is 0.335. The largest absolute Gasteiger partial charge is 0.295 e. The smallest absolute Gasteiger partial charge is 0.238 e. The molecule has 0 fully saturated rings. The Hall–Kier alpha value is -2.14. The molecular weight excluding hydrogens is 585 g/mol. The van der Waals surface area contributed by atoms with Crippen LogP contribution in [0.2, 0.25) is 0 Å². The summed E-state index contributed by atoms with van der Waals surface area (Å²) in [7, 11) is -10.0. The molecule has 15 heteroatoms. The lowest BCUT2D eigenvalue weighted by molar-refractivity contribution is 0.101. The van der Waals surface area contributed by atoms with Gasteiger partial charge < -0.3 is 0 Å². The van der Waals surface area contributed by atoms with Gasteiger partial charge in [0.25, 0.3) is 0 Å². The van der Waals surface area contributed by atoms with Gasteiger partial charge in [0.05, 0.1) is 36.0 Å². The first-order valence-corrected chi connectivity index (χ1v) is 16.7. The number of primary sulfonamides is 2. The third-order valence-electron chi connectivity index (χ3n) is 4.50. The molecule has 0 saturated carbocycles. The summed E-state index contributed by atoms with van der Waals surface area (Å²) in [6.45, 7) is 14.0. The summed E-state index contributed by atoms with van der Waals surface area (Å²) < 4.78 is 69.9. The van der Waals surface area contributed by atoms with Crippen molar-refractivity contribution in [2.45, 2.75) is 74.7 Å². The summed E-state index contributed by atoms with van der Waals surface area (Å²) in [5.41, 5.74) is 1.44. The molecule has 0 heterocycles. The highest BCUT2D eigenvalue weighted by atomic mass is 32.2. The maximum Gasteiger partial charge on any atom is 0.238 e. The number of carbonyl (C=O) groups is 1. The van der Waals surface area contributed by atoms with E-state index in [1.165, 1.54) is 43.3 Å². The Morgan fingerprint density at radius 1 is 0.744 bits per heavy atom. The van der Waals surface area contributed by atoms with E-state index < -0.39 is 46.8 Å². The molecule has 2 rings (SSSR count). The summed E-state index contributed by atoms with van der Waals surface area (Å²) in [6, 6.07) is 11.7. The van der Waals surface area contributed by atoms with E-state index in [0.29, 0.717) is 16.8 Å². The molecule has 39 heavy (non-hydrogen) atoms. The number of Topliss-reactive ketones (excluding diaryl/α,β-unsaturated/α-hetero) is 1. The van der Waals surface area contributed by atoms with Crippen LogP contribution < -0.4 is 15.4 Å². The standard InChI is InChI=1S/C12H18N2O3S2.C8H9NO3S.C4H11NOS/c1-9(14-18(15)12(2,3)4)10-6-5-7-11(8-10)19(13,16)17;1-6(10)7-3-2-4-8(5-7)13(9,11)12;1-4(2,3)7(5)6/h5-8H,1-4H3,(H2,13,16,17);2-5H,1H3,(H2,9,11,12);5H2,1-3H3/t18-;;7-/m0.0/s1. The van der Waals surface area contributed by atoms with Crippen molar-refractivity contribution in [1.82, 2.24) is 0 Å². The first-order chi connectivity index (χ1) is 17.4. The zero-order valence-corrected chi connectivity index (χ0v) is 26.6. The zero-order valence-electron chi connectivity index (χ0n) is 23.3. The number of sulfonamides is 2. The van der Waals surface area contributed by atoms with Crippen molar-refractivity contribution in [3.05, 3.63) is 59.7 Å². The molecule has 0 radical (unpaired) electrons. The van der Waals surface area contributed by atoms with Crippen LogP contribution in [-0.2, 0) is 42.0 Å². The molecule has 0 aromatic heterocycles. The van der Waals surface area contributed by atoms with E-state index in [-0.39, 0.29) is 20.3 Å². The number of nitrogens with zero attached hydrogens (tertiary/aromatic N) is 1. The highest BCUT2D eigenvalue weighted by Gasteiger charge is 2.19. The van der Waals surface area contributed by atoms with Gasteiger partial charge in [0.1, 0.15) is 11.0 Å². The molecular formula is C24H38N4O7S4. The fourth-order valence-electron chi connectivity index (χ4n) is 2.10. The summed E-state index contributed by atoms with van der Waals surface area (Å²) in [6.07, 6.45) is 0. The summed E-state index contributed by atoms with van der Waals surface area (Å²) in [5.74, 6) is -0.189. The molecule has 0 spiro atoms. The molecule has 0 aliphatic heterocycles. The molecule has 0 unspecified atom stereocenters. The van der Waals surface area contributed by atoms with Gasteiger partial charge in [0.2, 0.25) is 20.0 Å². The third-order valence-corrected chi connectivity index (χ3v) is 9.01. The lowest BCUT2D eigenvalue weighted by atomic mass is 10.1. The van der Waals surface area contributed by atoms with Gasteiger partial charge in [-0.2, -0.15) is 4.40 Å². The van der Waals surface area contributed by atoms with Crippen molar-refractivity contribution in [2.75, 3.05) is 0 Å². The van der Waals surface area contributed by atoms with Crippen molar-refractivity contribution in [3.8, 4) is 0 Å². The predicted octanol–water partition coefficient (Wildman–Crippen LogP) is 2.55. The van der Waals surface area contributed by atoms with E-state index in [0.717, 1.165) is 0 Å². The van der Waals surface area contributed by atoms with E-state index in [1.807, 2.05) is 41.5 Å². The second-order valence-electron chi connectivity index (χ2n) is 10.1. The van der Waals surface area contributed by atoms with E-state index in [9.17, 15) is 30.0 Å². The lowest BCUT2D eigenvalue weighted by Gasteiger charge is -2.14. The van der Waals surface area contributed by atoms with E-state index in [2.05, 4.69) is 4.40 Å². The van der Waals surface area contributed by atoms with Gasteiger partial charge in [-0.1, -0.05) is 24.3 Å². The van der Waals surface area contributed by atoms with Gasteiger partial charge in [-0.3, -0.25) is 9.93 Å². The number of benzene rings is 2. The Labute approximate surface area is 236 Å². The minimum atomic E-state index is -3.75. The molecule has 2 aromatic rings. The molecule has 11 nitrogen and oxygen atoms in total. The van der Waals surface area contributed by atoms with Crippen molar-refractivity contribution >= 4 is 53.5 Å². The van der Waals surface area contributed by atoms with Gasteiger partial charge in [-0.15, -0.1) is 0 Å². The highest BCUT2D eigenvalue weighted by Crippen LogP contribution is 2.16. The Morgan fingerprint density at radius 3 is 1.41 bits per heavy atom. The highest BCUT2D eigenvalue weighted by molar-refractivity contribution is 7.89. The Kier molecular flexibility index (Phi) is 13.7. The van der Waals surface area contributed by atoms with Crippen LogP contribution in [0.3, 0.4) is 0 Å². The number of hydrogen-bond donors (Lipinski definition) is 3. The summed E-state index contributed by atoms with van der Waals surface area (Å²) >= 11 is 0. The van der Waals surface area contributed by atoms with Gasteiger partial charge in [-0.05, 0) is 85.2 Å². The molecule has 0 aliphatic rings. The zero-order chi connectivity index (χ0) is 31.0. The SMILES string of the molecule is CC(=N[S@@](=O)C(C)(C)C)c1cccc(S(N)(=O)=O)c1.CC(=O)c1cccc(S(N)(=O)=O)c1.CC(C)(C)[S@@](N)=O. The van der Waals surface area contributed by atoms with Crippen LogP contribution >= 0.6 is 0 Å². The van der Waals surface area contributed by atoms with Gasteiger partial charge in [0, 0.05) is 5.56 Å². The topological polar surface area (TPSA) is 210 Å². The molecule has 0 amide bonds. The van der Waals surface area contributed by atoms with Gasteiger partial charge in [0.15, 0.2) is 5.78 Å². The number of nitrogens with two attached hydrogens (primary N) is 3. The second kappa shape index (κ2) is 14.5. The molecule has 0 saturated heterocycles. The van der Waals surface area contributed by atoms with Crippen LogP contribution in [0.25, 0.3) is 0 Å². The van der Waals surface area contributed by atoms with Crippen LogP contribution in [0.1, 0.15) is 71.3 Å². The normalized spacial score (nSPS) is 14.2. The number of hydrogen-bond acceptors (Lipinski definition) is 7. The van der Waals surface area contributed by atoms with Crippen molar-refractivity contribution in [3.63, 3.8) is 0 Å². The van der Waals surface area contributed by atoms with E-state index in [4.69, 9.17) is 15.4 Å². The molecule has 0 bridgehead atoms. The average molecular weight is 623 g/mol. The average Bonchev–Trinajstić information content (AvgIpc) is 2.77. The molecule has 6 N–H and O–H groups in total. The molecule has 2 atom stereocenters. The van der Waals surface area contributed by atoms with E-state index in [1.54, 1.807) is 19.1 Å². The third kappa shape index (κ3) is 14.2. The first-order valence-electron chi connectivity index (χ1n) is 11.3. The number of rotatable bonds is 5.